The minimum absolute atomic E-state index is 0.365. The van der Waals surface area contributed by atoms with Gasteiger partial charge in [0, 0.05) is 24.6 Å². The van der Waals surface area contributed by atoms with Gasteiger partial charge in [-0.05, 0) is 45.2 Å². The highest BCUT2D eigenvalue weighted by Gasteiger charge is 2.49. The maximum absolute atomic E-state index is 6.55. The van der Waals surface area contributed by atoms with Crippen LogP contribution >= 0.6 is 0 Å². The van der Waals surface area contributed by atoms with E-state index in [1.54, 1.807) is 0 Å². The fourth-order valence-electron chi connectivity index (χ4n) is 4.88. The van der Waals surface area contributed by atoms with Gasteiger partial charge in [0.25, 0.3) is 0 Å². The quantitative estimate of drug-likeness (QED) is 0.351. The lowest BCUT2D eigenvalue weighted by molar-refractivity contribution is 0.272. The molecule has 160 valence electrons. The average Bonchev–Trinajstić information content (AvgIpc) is 3.09. The Morgan fingerprint density at radius 1 is 0.581 bits per heavy atom. The molecular formula is C28H32O2Si. The molecule has 0 unspecified atom stereocenters. The first-order valence-electron chi connectivity index (χ1n) is 11.1. The average molecular weight is 429 g/mol. The van der Waals surface area contributed by atoms with Gasteiger partial charge in [-0.2, -0.15) is 0 Å². The Hall–Kier alpha value is -2.46. The summed E-state index contributed by atoms with van der Waals surface area (Å²) < 4.78 is 13.1. The molecule has 0 radical (unpaired) electrons. The van der Waals surface area contributed by atoms with Crippen LogP contribution < -0.4 is 10.4 Å². The van der Waals surface area contributed by atoms with Crippen LogP contribution in [0.2, 0.25) is 0 Å². The van der Waals surface area contributed by atoms with E-state index in [0.717, 1.165) is 0 Å². The molecule has 31 heavy (non-hydrogen) atoms. The third-order valence-electron chi connectivity index (χ3n) is 6.36. The van der Waals surface area contributed by atoms with Gasteiger partial charge in [0.05, 0.1) is 0 Å². The summed E-state index contributed by atoms with van der Waals surface area (Å²) >= 11 is 0. The first-order chi connectivity index (χ1) is 14.9. The van der Waals surface area contributed by atoms with E-state index in [2.05, 4.69) is 100 Å². The number of hydrogen-bond acceptors (Lipinski definition) is 2. The molecule has 0 saturated heterocycles. The highest BCUT2D eigenvalue weighted by Crippen LogP contribution is 2.35. The van der Waals surface area contributed by atoms with Crippen LogP contribution in [-0.4, -0.2) is 22.8 Å². The summed E-state index contributed by atoms with van der Waals surface area (Å²) in [7, 11) is 0.646. The van der Waals surface area contributed by atoms with Gasteiger partial charge in [-0.25, -0.2) is 0 Å². The summed E-state index contributed by atoms with van der Waals surface area (Å²) in [4.78, 5) is 0. The molecule has 0 atom stereocenters. The molecule has 0 spiro atoms. The summed E-state index contributed by atoms with van der Waals surface area (Å²) in [6.45, 7) is 9.03. The summed E-state index contributed by atoms with van der Waals surface area (Å²) in [6, 6.07) is 26.1. The Balaban J connectivity index is 2.14. The predicted octanol–water partition coefficient (Wildman–Crippen LogP) is 5.99. The standard InChI is InChI=1S/C28H32O2Si/c1-19(2)25-17-21-13-9-7-11-15-23(21)27(25)31(29-5,30-6)28-24-16-12-8-10-14-22(24)18-26(28)20(3)4/h7-20H,1-6H3. The van der Waals surface area contributed by atoms with E-state index in [9.17, 15) is 0 Å². The molecular weight excluding hydrogens is 396 g/mol. The first kappa shape index (κ1) is 21.8. The molecule has 4 aliphatic carbocycles. The second-order valence-electron chi connectivity index (χ2n) is 8.84. The molecule has 4 aliphatic rings. The van der Waals surface area contributed by atoms with E-state index in [-0.39, 0.29) is 0 Å². The zero-order chi connectivity index (χ0) is 22.2. The summed E-state index contributed by atoms with van der Waals surface area (Å²) in [5.74, 6) is 0.731. The van der Waals surface area contributed by atoms with Gasteiger partial charge in [0.1, 0.15) is 0 Å². The lowest BCUT2D eigenvalue weighted by atomic mass is 10.1. The molecule has 0 aliphatic heterocycles. The molecule has 0 heterocycles. The Morgan fingerprint density at radius 2 is 0.968 bits per heavy atom. The zero-order valence-corrected chi connectivity index (χ0v) is 20.4. The molecule has 3 heteroatoms. The smallest absolute Gasteiger partial charge is 0.391 e. The topological polar surface area (TPSA) is 18.5 Å². The van der Waals surface area contributed by atoms with Gasteiger partial charge >= 0.3 is 8.56 Å². The SMILES string of the molecule is CO[Si](OC)(c1c2cccccc-2cc1C(C)C)c1c2cccccc-2cc1C(C)C. The summed E-state index contributed by atoms with van der Waals surface area (Å²) in [6.07, 6.45) is 0. The minimum atomic E-state index is -3.01. The lowest BCUT2D eigenvalue weighted by Gasteiger charge is -2.32. The Labute approximate surface area is 187 Å². The van der Waals surface area contributed by atoms with Gasteiger partial charge in [-0.3, -0.25) is 0 Å². The molecule has 0 aromatic carbocycles. The van der Waals surface area contributed by atoms with Crippen LogP contribution in [0, 0.1) is 0 Å². The van der Waals surface area contributed by atoms with E-state index >= 15 is 0 Å². The molecule has 0 fully saturated rings. The van der Waals surface area contributed by atoms with Gasteiger partial charge in [0.2, 0.25) is 0 Å². The van der Waals surface area contributed by atoms with Crippen molar-refractivity contribution in [3.8, 4) is 22.3 Å². The van der Waals surface area contributed by atoms with Crippen molar-refractivity contribution in [1.82, 2.24) is 0 Å². The molecule has 4 rings (SSSR count). The van der Waals surface area contributed by atoms with Crippen LogP contribution in [0.5, 0.6) is 0 Å². The van der Waals surface area contributed by atoms with Gasteiger partial charge in [-0.1, -0.05) is 100 Å². The van der Waals surface area contributed by atoms with Crippen LogP contribution in [-0.2, 0) is 8.85 Å². The Morgan fingerprint density at radius 3 is 1.32 bits per heavy atom. The zero-order valence-electron chi connectivity index (χ0n) is 19.4. The third-order valence-corrected chi connectivity index (χ3v) is 9.94. The molecule has 0 N–H and O–H groups in total. The van der Waals surface area contributed by atoms with Crippen molar-refractivity contribution in [2.24, 2.45) is 0 Å². The van der Waals surface area contributed by atoms with E-state index in [1.807, 2.05) is 14.2 Å². The van der Waals surface area contributed by atoms with E-state index in [4.69, 9.17) is 8.85 Å². The maximum Gasteiger partial charge on any atom is 0.408 e. The highest BCUT2D eigenvalue weighted by molar-refractivity contribution is 6.95. The fourth-order valence-corrected chi connectivity index (χ4v) is 8.76. The molecule has 0 aromatic rings. The van der Waals surface area contributed by atoms with Crippen molar-refractivity contribution in [2.75, 3.05) is 14.2 Å². The highest BCUT2D eigenvalue weighted by atomic mass is 28.4. The van der Waals surface area contributed by atoms with Crippen LogP contribution in [0.25, 0.3) is 22.3 Å². The van der Waals surface area contributed by atoms with E-state index < -0.39 is 8.56 Å². The van der Waals surface area contributed by atoms with E-state index in [1.165, 1.54) is 43.8 Å². The third kappa shape index (κ3) is 3.51. The van der Waals surface area contributed by atoms with Gasteiger partial charge in [-0.15, -0.1) is 0 Å². The summed E-state index contributed by atoms with van der Waals surface area (Å²) in [5, 5.41) is 2.50. The molecule has 0 aromatic heterocycles. The van der Waals surface area contributed by atoms with Crippen LogP contribution in [0.15, 0.2) is 72.8 Å². The summed E-state index contributed by atoms with van der Waals surface area (Å²) in [5.41, 5.74) is 7.58. The maximum atomic E-state index is 6.55. The van der Waals surface area contributed by atoms with Crippen LogP contribution in [0.4, 0.5) is 0 Å². The fraction of sp³-hybridized carbons (Fsp3) is 0.286. The van der Waals surface area contributed by atoms with Crippen molar-refractivity contribution in [3.05, 3.63) is 83.9 Å². The van der Waals surface area contributed by atoms with Crippen molar-refractivity contribution in [1.29, 1.82) is 0 Å². The first-order valence-corrected chi connectivity index (χ1v) is 12.9. The Kier molecular flexibility index (Phi) is 6.02. The van der Waals surface area contributed by atoms with Crippen molar-refractivity contribution < 1.29 is 8.85 Å². The number of hydrogen-bond donors (Lipinski definition) is 0. The number of fused-ring (bicyclic) bond motifs is 2. The van der Waals surface area contributed by atoms with Crippen LogP contribution in [0.1, 0.15) is 50.7 Å². The van der Waals surface area contributed by atoms with Crippen molar-refractivity contribution in [3.63, 3.8) is 0 Å². The molecule has 2 nitrogen and oxygen atoms in total. The second-order valence-corrected chi connectivity index (χ2v) is 11.9. The normalized spacial score (nSPS) is 12.4. The minimum Gasteiger partial charge on any atom is -0.391 e. The molecule has 0 saturated carbocycles. The van der Waals surface area contributed by atoms with Crippen molar-refractivity contribution in [2.45, 2.75) is 39.5 Å². The second kappa shape index (κ2) is 8.58. The van der Waals surface area contributed by atoms with Crippen LogP contribution in [0.3, 0.4) is 0 Å². The monoisotopic (exact) mass is 428 g/mol. The Bertz CT molecular complexity index is 1040. The molecule has 0 amide bonds. The van der Waals surface area contributed by atoms with E-state index in [0.29, 0.717) is 11.8 Å². The molecule has 0 bridgehead atoms. The lowest BCUT2D eigenvalue weighted by Crippen LogP contribution is -2.64. The van der Waals surface area contributed by atoms with Gasteiger partial charge < -0.3 is 8.85 Å². The number of rotatable bonds is 6. The van der Waals surface area contributed by atoms with Crippen molar-refractivity contribution >= 4 is 18.9 Å². The largest absolute Gasteiger partial charge is 0.408 e. The predicted molar refractivity (Wildman–Crippen MR) is 133 cm³/mol. The van der Waals surface area contributed by atoms with Gasteiger partial charge in [0.15, 0.2) is 0 Å².